The quantitative estimate of drug-likeness (QED) is 0.652. The molecule has 0 aromatic rings. The Labute approximate surface area is 77.3 Å². The van der Waals surface area contributed by atoms with Gasteiger partial charge in [-0.05, 0) is 25.7 Å². The monoisotopic (exact) mass is 185 g/mol. The van der Waals surface area contributed by atoms with Crippen molar-refractivity contribution >= 4 is 5.97 Å². The smallest absolute Gasteiger partial charge is 0.320 e. The van der Waals surface area contributed by atoms with Crippen molar-refractivity contribution in [3.8, 4) is 0 Å². The molecule has 2 heterocycles. The SMILES string of the molecule is O=C(O)[C@@H]1CC[C@H](C2CCCO2)N1. The van der Waals surface area contributed by atoms with Crippen LogP contribution < -0.4 is 5.32 Å². The van der Waals surface area contributed by atoms with Gasteiger partial charge in [-0.15, -0.1) is 0 Å². The summed E-state index contributed by atoms with van der Waals surface area (Å²) in [4.78, 5) is 10.7. The highest BCUT2D eigenvalue weighted by molar-refractivity contribution is 5.73. The normalized spacial score (nSPS) is 39.5. The zero-order valence-electron chi connectivity index (χ0n) is 7.53. The Morgan fingerprint density at radius 2 is 2.23 bits per heavy atom. The van der Waals surface area contributed by atoms with Crippen LogP contribution in [0.15, 0.2) is 0 Å². The second kappa shape index (κ2) is 3.64. The molecule has 0 bridgehead atoms. The average molecular weight is 185 g/mol. The first-order chi connectivity index (χ1) is 6.27. The van der Waals surface area contributed by atoms with Gasteiger partial charge in [0.2, 0.25) is 0 Å². The third-order valence-corrected chi connectivity index (χ3v) is 2.89. The van der Waals surface area contributed by atoms with E-state index in [9.17, 15) is 4.79 Å². The summed E-state index contributed by atoms with van der Waals surface area (Å²) in [6, 6.07) is -0.0854. The first kappa shape index (κ1) is 8.97. The molecule has 13 heavy (non-hydrogen) atoms. The molecule has 4 nitrogen and oxygen atoms in total. The molecule has 2 saturated heterocycles. The number of aliphatic carboxylic acids is 1. The summed E-state index contributed by atoms with van der Waals surface area (Å²) < 4.78 is 5.51. The highest BCUT2D eigenvalue weighted by Gasteiger charge is 2.35. The van der Waals surface area contributed by atoms with Crippen LogP contribution in [0.1, 0.15) is 25.7 Å². The molecule has 2 fully saturated rings. The number of nitrogens with one attached hydrogen (secondary N) is 1. The van der Waals surface area contributed by atoms with E-state index in [0.29, 0.717) is 0 Å². The molecule has 1 unspecified atom stereocenters. The fourth-order valence-corrected chi connectivity index (χ4v) is 2.18. The van der Waals surface area contributed by atoms with Crippen LogP contribution in [0.3, 0.4) is 0 Å². The fraction of sp³-hybridized carbons (Fsp3) is 0.889. The lowest BCUT2D eigenvalue weighted by atomic mass is 10.1. The van der Waals surface area contributed by atoms with Gasteiger partial charge in [0.1, 0.15) is 6.04 Å². The highest BCUT2D eigenvalue weighted by atomic mass is 16.5. The predicted molar refractivity (Wildman–Crippen MR) is 46.6 cm³/mol. The minimum atomic E-state index is -0.736. The summed E-state index contributed by atoms with van der Waals surface area (Å²) in [5.41, 5.74) is 0. The second-order valence-electron chi connectivity index (χ2n) is 3.79. The van der Waals surface area contributed by atoms with Crippen molar-refractivity contribution < 1.29 is 14.6 Å². The van der Waals surface area contributed by atoms with Crippen LogP contribution >= 0.6 is 0 Å². The molecule has 0 aromatic heterocycles. The first-order valence-corrected chi connectivity index (χ1v) is 4.88. The van der Waals surface area contributed by atoms with Gasteiger partial charge in [-0.25, -0.2) is 0 Å². The second-order valence-corrected chi connectivity index (χ2v) is 3.79. The van der Waals surface area contributed by atoms with Gasteiger partial charge < -0.3 is 9.84 Å². The van der Waals surface area contributed by atoms with Crippen molar-refractivity contribution in [2.45, 2.75) is 43.9 Å². The maximum absolute atomic E-state index is 10.7. The molecule has 2 N–H and O–H groups in total. The lowest BCUT2D eigenvalue weighted by Gasteiger charge is -2.18. The van der Waals surface area contributed by atoms with Crippen LogP contribution in [0.5, 0.6) is 0 Å². The van der Waals surface area contributed by atoms with Gasteiger partial charge in [0.25, 0.3) is 0 Å². The Hall–Kier alpha value is -0.610. The summed E-state index contributed by atoms with van der Waals surface area (Å²) in [5.74, 6) is -0.736. The van der Waals surface area contributed by atoms with Crippen molar-refractivity contribution in [3.05, 3.63) is 0 Å². The van der Waals surface area contributed by atoms with Crippen LogP contribution in [0, 0.1) is 0 Å². The zero-order valence-corrected chi connectivity index (χ0v) is 7.53. The Morgan fingerprint density at radius 1 is 1.38 bits per heavy atom. The van der Waals surface area contributed by atoms with E-state index in [1.807, 2.05) is 0 Å². The van der Waals surface area contributed by atoms with E-state index in [0.717, 1.165) is 32.3 Å². The van der Waals surface area contributed by atoms with Crippen molar-refractivity contribution in [2.75, 3.05) is 6.61 Å². The molecule has 2 aliphatic heterocycles. The van der Waals surface area contributed by atoms with Gasteiger partial charge in [0.05, 0.1) is 6.10 Å². The molecule has 74 valence electrons. The minimum Gasteiger partial charge on any atom is -0.480 e. The number of carbonyl (C=O) groups is 1. The van der Waals surface area contributed by atoms with Gasteiger partial charge in [0.15, 0.2) is 0 Å². The van der Waals surface area contributed by atoms with E-state index in [1.165, 1.54) is 0 Å². The Morgan fingerprint density at radius 3 is 2.77 bits per heavy atom. The maximum atomic E-state index is 10.7. The Kier molecular flexibility index (Phi) is 2.51. The number of carboxylic acid groups (broad SMARTS) is 1. The number of hydrogen-bond donors (Lipinski definition) is 2. The van der Waals surface area contributed by atoms with Gasteiger partial charge in [-0.1, -0.05) is 0 Å². The lowest BCUT2D eigenvalue weighted by Crippen LogP contribution is -2.41. The van der Waals surface area contributed by atoms with Crippen molar-refractivity contribution in [1.29, 1.82) is 0 Å². The van der Waals surface area contributed by atoms with E-state index >= 15 is 0 Å². The summed E-state index contributed by atoms with van der Waals surface area (Å²) in [7, 11) is 0. The average Bonchev–Trinajstić information content (AvgIpc) is 2.75. The number of hydrogen-bond acceptors (Lipinski definition) is 3. The molecule has 2 rings (SSSR count). The Bertz CT molecular complexity index is 201. The van der Waals surface area contributed by atoms with E-state index in [4.69, 9.17) is 9.84 Å². The molecule has 2 aliphatic rings. The number of carboxylic acids is 1. The molecule has 0 radical (unpaired) electrons. The molecule has 0 spiro atoms. The van der Waals surface area contributed by atoms with Crippen LogP contribution in [0.2, 0.25) is 0 Å². The zero-order chi connectivity index (χ0) is 9.26. The fourth-order valence-electron chi connectivity index (χ4n) is 2.18. The maximum Gasteiger partial charge on any atom is 0.320 e. The summed E-state index contributed by atoms with van der Waals surface area (Å²) in [6.45, 7) is 0.834. The lowest BCUT2D eigenvalue weighted by molar-refractivity contribution is -0.139. The van der Waals surface area contributed by atoms with E-state index in [1.54, 1.807) is 0 Å². The molecule has 3 atom stereocenters. The number of ether oxygens (including phenoxy) is 1. The largest absolute Gasteiger partial charge is 0.480 e. The van der Waals surface area contributed by atoms with Crippen molar-refractivity contribution in [3.63, 3.8) is 0 Å². The third kappa shape index (κ3) is 1.84. The molecule has 0 amide bonds. The van der Waals surface area contributed by atoms with Crippen molar-refractivity contribution in [1.82, 2.24) is 5.32 Å². The van der Waals surface area contributed by atoms with Crippen molar-refractivity contribution in [2.24, 2.45) is 0 Å². The molecule has 0 aromatic carbocycles. The number of rotatable bonds is 2. The highest BCUT2D eigenvalue weighted by Crippen LogP contribution is 2.23. The van der Waals surface area contributed by atoms with Crippen LogP contribution in [0.4, 0.5) is 0 Å². The molecular weight excluding hydrogens is 170 g/mol. The molecule has 0 aliphatic carbocycles. The van der Waals surface area contributed by atoms with E-state index in [2.05, 4.69) is 5.32 Å². The molecular formula is C9H15NO3. The standard InChI is InChI=1S/C9H15NO3/c11-9(12)7-4-3-6(10-7)8-2-1-5-13-8/h6-8,10H,1-5H2,(H,11,12)/t6-,7+,8?/m1/s1. The summed E-state index contributed by atoms with van der Waals surface area (Å²) in [5, 5.41) is 11.9. The summed E-state index contributed by atoms with van der Waals surface area (Å²) in [6.07, 6.45) is 4.11. The summed E-state index contributed by atoms with van der Waals surface area (Å²) >= 11 is 0. The Balaban J connectivity index is 1.86. The van der Waals surface area contributed by atoms with Gasteiger partial charge >= 0.3 is 5.97 Å². The van der Waals surface area contributed by atoms with Gasteiger partial charge in [-0.2, -0.15) is 0 Å². The van der Waals surface area contributed by atoms with E-state index < -0.39 is 5.97 Å². The van der Waals surface area contributed by atoms with Gasteiger partial charge in [-0.3, -0.25) is 10.1 Å². The molecule has 4 heteroatoms. The minimum absolute atomic E-state index is 0.254. The third-order valence-electron chi connectivity index (χ3n) is 2.89. The first-order valence-electron chi connectivity index (χ1n) is 4.88. The van der Waals surface area contributed by atoms with Crippen LogP contribution in [0.25, 0.3) is 0 Å². The predicted octanol–water partition coefficient (Wildman–Crippen LogP) is 0.371. The van der Waals surface area contributed by atoms with E-state index in [-0.39, 0.29) is 18.2 Å². The molecule has 0 saturated carbocycles. The van der Waals surface area contributed by atoms with Crippen LogP contribution in [-0.4, -0.2) is 35.9 Å². The topological polar surface area (TPSA) is 58.6 Å². The van der Waals surface area contributed by atoms with Gasteiger partial charge in [0, 0.05) is 12.6 Å². The van der Waals surface area contributed by atoms with Crippen LogP contribution in [-0.2, 0) is 9.53 Å².